The number of pyridine rings is 1. The van der Waals surface area contributed by atoms with Crippen molar-refractivity contribution in [2.45, 2.75) is 16.3 Å². The molecule has 0 aromatic carbocycles. The average molecular weight is 332 g/mol. The maximum Gasteiger partial charge on any atom is 0.347 e. The monoisotopic (exact) mass is 331 g/mol. The van der Waals surface area contributed by atoms with Gasteiger partial charge in [-0.1, -0.05) is 22.9 Å². The number of aromatic nitrogens is 2. The van der Waals surface area contributed by atoms with Crippen molar-refractivity contribution in [2.24, 2.45) is 0 Å². The molecule has 0 saturated heterocycles. The first-order valence-electron chi connectivity index (χ1n) is 5.07. The van der Waals surface area contributed by atoms with Crippen molar-refractivity contribution in [2.75, 3.05) is 0 Å². The van der Waals surface area contributed by atoms with Gasteiger partial charge in [0.25, 0.3) is 5.69 Å². The second kappa shape index (κ2) is 5.73. The third-order valence-corrected chi connectivity index (χ3v) is 4.78. The van der Waals surface area contributed by atoms with Crippen LogP contribution >= 0.6 is 34.7 Å². The van der Waals surface area contributed by atoms with Crippen LogP contribution in [-0.4, -0.2) is 26.0 Å². The summed E-state index contributed by atoms with van der Waals surface area (Å²) in [5, 5.41) is 20.0. The molecule has 0 aliphatic rings. The lowest BCUT2D eigenvalue weighted by molar-refractivity contribution is -0.385. The third kappa shape index (κ3) is 3.06. The van der Waals surface area contributed by atoms with Crippen LogP contribution in [0.25, 0.3) is 0 Å². The summed E-state index contributed by atoms with van der Waals surface area (Å²) < 4.78 is 0.461. The predicted molar refractivity (Wildman–Crippen MR) is 73.8 cm³/mol. The molecule has 0 radical (unpaired) electrons. The Kier molecular flexibility index (Phi) is 4.21. The van der Waals surface area contributed by atoms with E-state index in [1.807, 2.05) is 0 Å². The van der Waals surface area contributed by atoms with Crippen molar-refractivity contribution in [1.29, 1.82) is 0 Å². The van der Waals surface area contributed by atoms with Gasteiger partial charge in [-0.15, -0.1) is 0 Å². The summed E-state index contributed by atoms with van der Waals surface area (Å²) in [6.07, 6.45) is 1.09. The lowest BCUT2D eigenvalue weighted by atomic mass is 10.4. The fourth-order valence-electron chi connectivity index (χ4n) is 1.29. The number of nitro groups is 1. The molecule has 104 valence electrons. The minimum absolute atomic E-state index is 0.119. The van der Waals surface area contributed by atoms with E-state index in [0.29, 0.717) is 15.1 Å². The van der Waals surface area contributed by atoms with Gasteiger partial charge in [0.05, 0.1) is 15.6 Å². The number of aromatic carboxylic acids is 1. The van der Waals surface area contributed by atoms with Crippen molar-refractivity contribution < 1.29 is 14.8 Å². The Hall–Kier alpha value is -1.71. The zero-order valence-electron chi connectivity index (χ0n) is 9.86. The molecular formula is C10H6ClN3O4S2. The zero-order chi connectivity index (χ0) is 14.9. The van der Waals surface area contributed by atoms with Crippen LogP contribution in [0, 0.1) is 17.0 Å². The van der Waals surface area contributed by atoms with E-state index in [9.17, 15) is 14.9 Å². The number of carboxylic acids is 1. The lowest BCUT2D eigenvalue weighted by Gasteiger charge is -1.99. The molecule has 0 amide bonds. The van der Waals surface area contributed by atoms with Gasteiger partial charge in [0.1, 0.15) is 16.1 Å². The lowest BCUT2D eigenvalue weighted by Crippen LogP contribution is -1.94. The molecule has 0 aliphatic carbocycles. The third-order valence-electron chi connectivity index (χ3n) is 2.16. The van der Waals surface area contributed by atoms with Crippen molar-refractivity contribution >= 4 is 46.4 Å². The summed E-state index contributed by atoms with van der Waals surface area (Å²) in [6, 6.07) is 1.19. The van der Waals surface area contributed by atoms with Gasteiger partial charge in [0, 0.05) is 6.07 Å². The van der Waals surface area contributed by atoms with Gasteiger partial charge in [-0.2, -0.15) is 0 Å². The van der Waals surface area contributed by atoms with Crippen LogP contribution in [0.1, 0.15) is 15.4 Å². The highest BCUT2D eigenvalue weighted by molar-refractivity contribution is 8.01. The highest BCUT2D eigenvalue weighted by Crippen LogP contribution is 2.36. The van der Waals surface area contributed by atoms with E-state index in [2.05, 4.69) is 9.97 Å². The number of aryl methyl sites for hydroxylation is 1. The molecule has 2 aromatic rings. The number of halogens is 1. The second-order valence-electron chi connectivity index (χ2n) is 3.54. The summed E-state index contributed by atoms with van der Waals surface area (Å²) in [7, 11) is 0. The molecular weight excluding hydrogens is 326 g/mol. The molecule has 1 N–H and O–H groups in total. The highest BCUT2D eigenvalue weighted by Gasteiger charge is 2.17. The number of carboxylic acid groups (broad SMARTS) is 1. The quantitative estimate of drug-likeness (QED) is 0.676. The minimum atomic E-state index is -1.05. The minimum Gasteiger partial charge on any atom is -0.477 e. The van der Waals surface area contributed by atoms with E-state index in [-0.39, 0.29) is 15.6 Å². The van der Waals surface area contributed by atoms with Gasteiger partial charge in [0.15, 0.2) is 4.34 Å². The van der Waals surface area contributed by atoms with Crippen LogP contribution in [0.2, 0.25) is 5.02 Å². The van der Waals surface area contributed by atoms with Crippen molar-refractivity contribution in [3.63, 3.8) is 0 Å². The number of thiazole rings is 1. The number of hydrogen-bond acceptors (Lipinski definition) is 7. The van der Waals surface area contributed by atoms with Crippen molar-refractivity contribution in [3.05, 3.63) is 38.0 Å². The topological polar surface area (TPSA) is 106 Å². The molecule has 2 aromatic heterocycles. The average Bonchev–Trinajstić information content (AvgIpc) is 2.73. The molecule has 10 heteroatoms. The van der Waals surface area contributed by atoms with Crippen LogP contribution < -0.4 is 0 Å². The highest BCUT2D eigenvalue weighted by atomic mass is 35.5. The van der Waals surface area contributed by atoms with E-state index in [4.69, 9.17) is 16.7 Å². The van der Waals surface area contributed by atoms with E-state index in [0.717, 1.165) is 29.3 Å². The maximum atomic E-state index is 10.9. The predicted octanol–water partition coefficient (Wildman–Crippen LogP) is 3.26. The fraction of sp³-hybridized carbons (Fsp3) is 0.100. The molecule has 0 spiro atoms. The molecule has 7 nitrogen and oxygen atoms in total. The molecule has 0 atom stereocenters. The molecule has 0 aliphatic heterocycles. The van der Waals surface area contributed by atoms with Crippen LogP contribution in [0.4, 0.5) is 5.69 Å². The number of carbonyl (C=O) groups is 1. The molecule has 20 heavy (non-hydrogen) atoms. The van der Waals surface area contributed by atoms with Crippen molar-refractivity contribution in [1.82, 2.24) is 9.97 Å². The fourth-order valence-corrected chi connectivity index (χ4v) is 3.46. The van der Waals surface area contributed by atoms with Gasteiger partial charge in [0.2, 0.25) is 0 Å². The van der Waals surface area contributed by atoms with Gasteiger partial charge < -0.3 is 5.11 Å². The van der Waals surface area contributed by atoms with Crippen LogP contribution in [-0.2, 0) is 0 Å². The largest absolute Gasteiger partial charge is 0.477 e. The number of rotatable bonds is 4. The van der Waals surface area contributed by atoms with Gasteiger partial charge in [-0.05, 0) is 18.7 Å². The van der Waals surface area contributed by atoms with E-state index in [1.54, 1.807) is 6.92 Å². The molecule has 2 rings (SSSR count). The normalized spacial score (nSPS) is 10.5. The Labute approximate surface area is 125 Å². The first-order chi connectivity index (χ1) is 9.38. The van der Waals surface area contributed by atoms with E-state index >= 15 is 0 Å². The Morgan fingerprint density at radius 3 is 2.80 bits per heavy atom. The number of hydrogen-bond donors (Lipinski definition) is 1. The standard InChI is InChI=1S/C10H6ClN3O4S2/c1-4-7(9(15)16)19-10(13-4)20-8-6(11)2-5(3-12-8)14(17)18/h2-3H,1H3,(H,15,16). The summed E-state index contributed by atoms with van der Waals surface area (Å²) >= 11 is 7.97. The summed E-state index contributed by atoms with van der Waals surface area (Å²) in [5.74, 6) is -1.05. The van der Waals surface area contributed by atoms with Gasteiger partial charge in [-0.3, -0.25) is 10.1 Å². The Bertz CT molecular complexity index is 704. The first-order valence-corrected chi connectivity index (χ1v) is 7.08. The van der Waals surface area contributed by atoms with Crippen LogP contribution in [0.15, 0.2) is 21.6 Å². The van der Waals surface area contributed by atoms with E-state index in [1.165, 1.54) is 6.07 Å². The van der Waals surface area contributed by atoms with Crippen LogP contribution in [0.5, 0.6) is 0 Å². The molecule has 0 fully saturated rings. The molecule has 2 heterocycles. The Balaban J connectivity index is 2.28. The second-order valence-corrected chi connectivity index (χ2v) is 6.18. The smallest absolute Gasteiger partial charge is 0.347 e. The molecule has 0 saturated carbocycles. The zero-order valence-corrected chi connectivity index (χ0v) is 12.3. The Morgan fingerprint density at radius 2 is 2.30 bits per heavy atom. The first kappa shape index (κ1) is 14.7. The number of nitrogens with zero attached hydrogens (tertiary/aromatic N) is 3. The van der Waals surface area contributed by atoms with Gasteiger partial charge in [-0.25, -0.2) is 14.8 Å². The summed E-state index contributed by atoms with van der Waals surface area (Å²) in [4.78, 5) is 29.0. The van der Waals surface area contributed by atoms with Gasteiger partial charge >= 0.3 is 5.97 Å². The molecule has 0 bridgehead atoms. The van der Waals surface area contributed by atoms with Crippen molar-refractivity contribution in [3.8, 4) is 0 Å². The summed E-state index contributed by atoms with van der Waals surface area (Å²) in [6.45, 7) is 1.59. The molecule has 0 unspecified atom stereocenters. The maximum absolute atomic E-state index is 10.9. The van der Waals surface area contributed by atoms with E-state index < -0.39 is 10.9 Å². The van der Waals surface area contributed by atoms with Crippen LogP contribution in [0.3, 0.4) is 0 Å². The Morgan fingerprint density at radius 1 is 1.60 bits per heavy atom. The summed E-state index contributed by atoms with van der Waals surface area (Å²) in [5.41, 5.74) is 0.198. The SMILES string of the molecule is Cc1nc(Sc2ncc([N+](=O)[O-])cc2Cl)sc1C(=O)O.